The van der Waals surface area contributed by atoms with Crippen LogP contribution in [0.25, 0.3) is 0 Å². The van der Waals surface area contributed by atoms with Gasteiger partial charge in [-0.25, -0.2) is 13.8 Å². The van der Waals surface area contributed by atoms with Gasteiger partial charge in [0.1, 0.15) is 11.4 Å². The molecule has 1 rings (SSSR count). The third-order valence-electron chi connectivity index (χ3n) is 2.38. The molecule has 118 valence electrons. The number of rotatable bonds is 5. The number of aromatic nitrogens is 1. The van der Waals surface area contributed by atoms with Crippen LogP contribution in [0.4, 0.5) is 22.0 Å². The summed E-state index contributed by atoms with van der Waals surface area (Å²) >= 11 is 0. The van der Waals surface area contributed by atoms with E-state index < -0.39 is 43.2 Å². The van der Waals surface area contributed by atoms with Crippen molar-refractivity contribution < 1.29 is 36.2 Å². The number of carbonyl (C=O) groups excluding carboxylic acids is 1. The largest absolute Gasteiger partial charge is 0.573 e. The number of hydrogen-bond donors (Lipinski definition) is 1. The molecule has 0 amide bonds. The number of pyridine rings is 1. The number of carbonyl (C=O) groups is 1. The number of esters is 1. The van der Waals surface area contributed by atoms with Gasteiger partial charge in [0.05, 0.1) is 19.2 Å². The molecule has 2 N–H and O–H groups in total. The van der Waals surface area contributed by atoms with Gasteiger partial charge in [-0.15, -0.1) is 13.2 Å². The molecule has 10 heteroatoms. The molecule has 1 aromatic rings. The Balaban J connectivity index is 3.37. The predicted octanol–water partition coefficient (Wildman–Crippen LogP) is 2.09. The van der Waals surface area contributed by atoms with Crippen LogP contribution in [-0.2, 0) is 22.5 Å². The molecule has 0 radical (unpaired) electrons. The van der Waals surface area contributed by atoms with Gasteiger partial charge in [0, 0.05) is 18.2 Å². The van der Waals surface area contributed by atoms with Crippen LogP contribution in [0.5, 0.6) is 5.75 Å². The van der Waals surface area contributed by atoms with Crippen molar-refractivity contribution in [3.05, 3.63) is 23.0 Å². The highest BCUT2D eigenvalue weighted by Gasteiger charge is 2.34. The van der Waals surface area contributed by atoms with Crippen molar-refractivity contribution in [1.82, 2.24) is 4.98 Å². The summed E-state index contributed by atoms with van der Waals surface area (Å²) in [6, 6.07) is 0.426. The van der Waals surface area contributed by atoms with Crippen molar-refractivity contribution in [2.75, 3.05) is 7.11 Å². The van der Waals surface area contributed by atoms with Crippen LogP contribution in [0.2, 0.25) is 0 Å². The van der Waals surface area contributed by atoms with Gasteiger partial charge in [-0.3, -0.25) is 4.79 Å². The molecule has 1 heterocycles. The lowest BCUT2D eigenvalue weighted by Gasteiger charge is -2.16. The molecule has 0 aromatic carbocycles. The SMILES string of the molecule is COC(=O)Cc1c(OC(F)(F)F)cc(C(F)F)nc1CN. The van der Waals surface area contributed by atoms with Gasteiger partial charge in [0.15, 0.2) is 0 Å². The molecule has 0 saturated carbocycles. The first-order valence-electron chi connectivity index (χ1n) is 5.51. The maximum Gasteiger partial charge on any atom is 0.573 e. The Bertz CT molecular complexity index is 519. The highest BCUT2D eigenvalue weighted by Crippen LogP contribution is 2.32. The number of hydrogen-bond acceptors (Lipinski definition) is 5. The van der Waals surface area contributed by atoms with Crippen LogP contribution < -0.4 is 10.5 Å². The Kier molecular flexibility index (Phi) is 5.41. The first-order valence-corrected chi connectivity index (χ1v) is 5.51. The molecule has 5 nitrogen and oxygen atoms in total. The van der Waals surface area contributed by atoms with Gasteiger partial charge in [-0.05, 0) is 0 Å². The molecular formula is C11H11F5N2O3. The molecule has 1 aromatic heterocycles. The van der Waals surface area contributed by atoms with Gasteiger partial charge in [-0.2, -0.15) is 0 Å². The second kappa shape index (κ2) is 6.66. The van der Waals surface area contributed by atoms with Crippen LogP contribution in [0, 0.1) is 0 Å². The zero-order valence-electron chi connectivity index (χ0n) is 10.7. The quantitative estimate of drug-likeness (QED) is 0.665. The van der Waals surface area contributed by atoms with E-state index in [4.69, 9.17) is 5.73 Å². The van der Waals surface area contributed by atoms with E-state index in [1.807, 2.05) is 0 Å². The second-order valence-corrected chi connectivity index (χ2v) is 3.78. The fourth-order valence-electron chi connectivity index (χ4n) is 1.52. The summed E-state index contributed by atoms with van der Waals surface area (Å²) in [6.07, 6.45) is -8.86. The third kappa shape index (κ3) is 4.81. The number of nitrogens with two attached hydrogens (primary N) is 1. The average molecular weight is 314 g/mol. The fraction of sp³-hybridized carbons (Fsp3) is 0.455. The van der Waals surface area contributed by atoms with Gasteiger partial charge in [0.2, 0.25) is 0 Å². The average Bonchev–Trinajstić information content (AvgIpc) is 2.38. The van der Waals surface area contributed by atoms with Gasteiger partial charge in [-0.1, -0.05) is 0 Å². The summed E-state index contributed by atoms with van der Waals surface area (Å²) in [5, 5.41) is 0. The molecule has 0 atom stereocenters. The van der Waals surface area contributed by atoms with Crippen molar-refractivity contribution >= 4 is 5.97 Å². The van der Waals surface area contributed by atoms with Crippen LogP contribution in [0.1, 0.15) is 23.4 Å². The standard InChI is InChI=1S/C11H11F5N2O3/c1-20-9(19)2-5-7(4-17)18-6(10(12)13)3-8(5)21-11(14,15)16/h3,10H,2,4,17H2,1H3. The second-order valence-electron chi connectivity index (χ2n) is 3.78. The van der Waals surface area contributed by atoms with E-state index in [-0.39, 0.29) is 11.3 Å². The van der Waals surface area contributed by atoms with Crippen LogP contribution in [0.15, 0.2) is 6.07 Å². The van der Waals surface area contributed by atoms with Gasteiger partial charge < -0.3 is 15.2 Å². The van der Waals surface area contributed by atoms with E-state index in [2.05, 4.69) is 14.5 Å². The summed E-state index contributed by atoms with van der Waals surface area (Å²) in [5.41, 5.74) is 3.71. The topological polar surface area (TPSA) is 74.4 Å². The van der Waals surface area contributed by atoms with Crippen LogP contribution >= 0.6 is 0 Å². The summed E-state index contributed by atoms with van der Waals surface area (Å²) in [4.78, 5) is 14.6. The number of alkyl halides is 5. The highest BCUT2D eigenvalue weighted by atomic mass is 19.4. The van der Waals surface area contributed by atoms with Crippen molar-refractivity contribution in [2.45, 2.75) is 25.8 Å². The zero-order valence-corrected chi connectivity index (χ0v) is 10.7. The van der Waals surface area contributed by atoms with Crippen molar-refractivity contribution in [3.63, 3.8) is 0 Å². The molecule has 0 aliphatic rings. The molecule has 0 bridgehead atoms. The summed E-state index contributed by atoms with van der Waals surface area (Å²) < 4.78 is 70.2. The lowest BCUT2D eigenvalue weighted by Crippen LogP contribution is -2.21. The molecule has 0 spiro atoms. The maximum atomic E-state index is 12.6. The molecule has 0 aliphatic heterocycles. The van der Waals surface area contributed by atoms with Gasteiger partial charge in [0.25, 0.3) is 6.43 Å². The smallest absolute Gasteiger partial charge is 0.469 e. The summed E-state index contributed by atoms with van der Waals surface area (Å²) in [7, 11) is 1.02. The predicted molar refractivity (Wildman–Crippen MR) is 59.5 cm³/mol. The van der Waals surface area contributed by atoms with E-state index in [1.165, 1.54) is 0 Å². The zero-order chi connectivity index (χ0) is 16.2. The summed E-state index contributed by atoms with van der Waals surface area (Å²) in [6.45, 7) is -0.443. The number of nitrogens with zero attached hydrogens (tertiary/aromatic N) is 1. The maximum absolute atomic E-state index is 12.6. The lowest BCUT2D eigenvalue weighted by atomic mass is 10.1. The number of methoxy groups -OCH3 is 1. The lowest BCUT2D eigenvalue weighted by molar-refractivity contribution is -0.275. The Morgan fingerprint density at radius 2 is 2.05 bits per heavy atom. The highest BCUT2D eigenvalue weighted by molar-refractivity contribution is 5.74. The van der Waals surface area contributed by atoms with Crippen LogP contribution in [0.3, 0.4) is 0 Å². The molecule has 21 heavy (non-hydrogen) atoms. The van der Waals surface area contributed by atoms with Crippen LogP contribution in [-0.4, -0.2) is 24.4 Å². The number of ether oxygens (including phenoxy) is 2. The van der Waals surface area contributed by atoms with E-state index in [0.717, 1.165) is 7.11 Å². The van der Waals surface area contributed by atoms with Crippen molar-refractivity contribution in [3.8, 4) is 5.75 Å². The Labute approximate surface area is 115 Å². The Hall–Kier alpha value is -1.97. The van der Waals surface area contributed by atoms with Crippen molar-refractivity contribution in [2.24, 2.45) is 5.73 Å². The Morgan fingerprint density at radius 1 is 1.43 bits per heavy atom. The third-order valence-corrected chi connectivity index (χ3v) is 2.38. The molecular weight excluding hydrogens is 303 g/mol. The minimum Gasteiger partial charge on any atom is -0.469 e. The normalized spacial score (nSPS) is 11.6. The molecule has 0 aliphatic carbocycles. The molecule has 0 unspecified atom stereocenters. The summed E-state index contributed by atoms with van der Waals surface area (Å²) in [5.74, 6) is -1.83. The van der Waals surface area contributed by atoms with E-state index >= 15 is 0 Å². The minimum atomic E-state index is -5.11. The number of halogens is 5. The first kappa shape index (κ1) is 17.1. The van der Waals surface area contributed by atoms with E-state index in [0.29, 0.717) is 6.07 Å². The Morgan fingerprint density at radius 3 is 2.48 bits per heavy atom. The van der Waals surface area contributed by atoms with E-state index in [1.54, 1.807) is 0 Å². The first-order chi connectivity index (χ1) is 9.67. The monoisotopic (exact) mass is 314 g/mol. The fourth-order valence-corrected chi connectivity index (χ4v) is 1.52. The van der Waals surface area contributed by atoms with Gasteiger partial charge >= 0.3 is 12.3 Å². The molecule has 0 fully saturated rings. The molecule has 0 saturated heterocycles. The minimum absolute atomic E-state index is 0.294. The van der Waals surface area contributed by atoms with E-state index in [9.17, 15) is 26.7 Å². The van der Waals surface area contributed by atoms with Crippen molar-refractivity contribution in [1.29, 1.82) is 0 Å².